The van der Waals surface area contributed by atoms with Crippen LogP contribution < -0.4 is 10.9 Å². The van der Waals surface area contributed by atoms with E-state index in [2.05, 4.69) is 10.3 Å². The van der Waals surface area contributed by atoms with Crippen LogP contribution in [0.15, 0.2) is 17.2 Å². The molecule has 2 N–H and O–H groups in total. The number of fused-ring (bicyclic) bond motifs is 1. The summed E-state index contributed by atoms with van der Waals surface area (Å²) in [5.41, 5.74) is -0.176. The van der Waals surface area contributed by atoms with Gasteiger partial charge in [0.15, 0.2) is 5.78 Å². The summed E-state index contributed by atoms with van der Waals surface area (Å²) >= 11 is 18.0. The standard InChI is InChI=1S/C16H16Cl3N3O3/c17-10-5-9-15(14(19)13(10)18)21-7-22(16(9)25)6-8(23)4-11-12(24)2-1-3-20-11/h5,7,11-12,20,24H,1-4,6H2/t11-,12+/m0/s1. The Morgan fingerprint density at radius 2 is 2.12 bits per heavy atom. The molecule has 1 aliphatic rings. The van der Waals surface area contributed by atoms with Crippen LogP contribution in [0, 0.1) is 0 Å². The van der Waals surface area contributed by atoms with Gasteiger partial charge in [-0.25, -0.2) is 4.98 Å². The molecule has 25 heavy (non-hydrogen) atoms. The van der Waals surface area contributed by atoms with E-state index in [4.69, 9.17) is 34.8 Å². The van der Waals surface area contributed by atoms with Crippen molar-refractivity contribution in [2.75, 3.05) is 6.54 Å². The number of carbonyl (C=O) groups excluding carboxylic acids is 1. The van der Waals surface area contributed by atoms with E-state index < -0.39 is 11.7 Å². The van der Waals surface area contributed by atoms with Crippen molar-refractivity contribution in [2.24, 2.45) is 0 Å². The maximum atomic E-state index is 12.6. The van der Waals surface area contributed by atoms with E-state index in [9.17, 15) is 14.7 Å². The van der Waals surface area contributed by atoms with Crippen molar-refractivity contribution in [1.29, 1.82) is 0 Å². The normalized spacial score (nSPS) is 20.8. The van der Waals surface area contributed by atoms with Crippen LogP contribution >= 0.6 is 34.8 Å². The van der Waals surface area contributed by atoms with Crippen LogP contribution in [0.25, 0.3) is 10.9 Å². The predicted molar refractivity (Wildman–Crippen MR) is 97.7 cm³/mol. The Morgan fingerprint density at radius 3 is 2.84 bits per heavy atom. The zero-order valence-corrected chi connectivity index (χ0v) is 15.4. The van der Waals surface area contributed by atoms with E-state index in [0.29, 0.717) is 6.42 Å². The van der Waals surface area contributed by atoms with Crippen molar-refractivity contribution < 1.29 is 9.90 Å². The maximum Gasteiger partial charge on any atom is 0.261 e. The van der Waals surface area contributed by atoms with Gasteiger partial charge in [0.1, 0.15) is 0 Å². The second-order valence-corrected chi connectivity index (χ2v) is 7.24. The van der Waals surface area contributed by atoms with E-state index in [-0.39, 0.29) is 50.8 Å². The van der Waals surface area contributed by atoms with Crippen molar-refractivity contribution in [1.82, 2.24) is 14.9 Å². The minimum atomic E-state index is -0.552. The van der Waals surface area contributed by atoms with E-state index >= 15 is 0 Å². The molecule has 0 unspecified atom stereocenters. The number of halogens is 3. The Bertz CT molecular complexity index is 884. The lowest BCUT2D eigenvalue weighted by Gasteiger charge is -2.28. The van der Waals surface area contributed by atoms with E-state index in [1.165, 1.54) is 17.0 Å². The SMILES string of the molecule is O=C(C[C@@H]1NCCC[C@H]1O)Cn1cnc2c(Cl)c(Cl)c(Cl)cc2c1=O. The second-order valence-electron chi connectivity index (χ2n) is 6.07. The van der Waals surface area contributed by atoms with Gasteiger partial charge < -0.3 is 10.4 Å². The molecule has 134 valence electrons. The largest absolute Gasteiger partial charge is 0.391 e. The monoisotopic (exact) mass is 403 g/mol. The molecule has 2 aromatic rings. The lowest BCUT2D eigenvalue weighted by Crippen LogP contribution is -2.46. The summed E-state index contributed by atoms with van der Waals surface area (Å²) in [6.07, 6.45) is 2.41. The maximum absolute atomic E-state index is 12.6. The van der Waals surface area contributed by atoms with Crippen LogP contribution in [0.3, 0.4) is 0 Å². The first-order chi connectivity index (χ1) is 11.9. The van der Waals surface area contributed by atoms with Gasteiger partial charge >= 0.3 is 0 Å². The van der Waals surface area contributed by atoms with Gasteiger partial charge in [-0.15, -0.1) is 0 Å². The van der Waals surface area contributed by atoms with Crippen molar-refractivity contribution in [2.45, 2.75) is 38.0 Å². The number of benzene rings is 1. The number of piperidine rings is 1. The zero-order chi connectivity index (χ0) is 18.1. The van der Waals surface area contributed by atoms with E-state index in [0.717, 1.165) is 13.0 Å². The van der Waals surface area contributed by atoms with Gasteiger partial charge in [0.2, 0.25) is 0 Å². The quantitative estimate of drug-likeness (QED) is 0.765. The van der Waals surface area contributed by atoms with Gasteiger partial charge in [0, 0.05) is 12.5 Å². The molecule has 0 radical (unpaired) electrons. The van der Waals surface area contributed by atoms with Crippen molar-refractivity contribution in [3.8, 4) is 0 Å². The Hall–Kier alpha value is -1.18. The smallest absolute Gasteiger partial charge is 0.261 e. The first-order valence-corrected chi connectivity index (χ1v) is 8.97. The number of hydrogen-bond acceptors (Lipinski definition) is 5. The third-order valence-corrected chi connectivity index (χ3v) is 5.55. The summed E-state index contributed by atoms with van der Waals surface area (Å²) < 4.78 is 1.21. The van der Waals surface area contributed by atoms with Crippen LogP contribution in [-0.4, -0.2) is 39.1 Å². The molecule has 3 rings (SSSR count). The predicted octanol–water partition coefficient (Wildman–Crippen LogP) is 2.43. The zero-order valence-electron chi connectivity index (χ0n) is 13.1. The summed E-state index contributed by atoms with van der Waals surface area (Å²) in [5, 5.41) is 13.6. The highest BCUT2D eigenvalue weighted by molar-refractivity contribution is 6.50. The van der Waals surface area contributed by atoms with Gasteiger partial charge in [0.05, 0.1) is 44.9 Å². The fraction of sp³-hybridized carbons (Fsp3) is 0.438. The molecule has 1 aromatic carbocycles. The summed E-state index contributed by atoms with van der Waals surface area (Å²) in [7, 11) is 0. The summed E-state index contributed by atoms with van der Waals surface area (Å²) in [6.45, 7) is 0.634. The fourth-order valence-corrected chi connectivity index (χ4v) is 3.61. The lowest BCUT2D eigenvalue weighted by atomic mass is 9.97. The van der Waals surface area contributed by atoms with Gasteiger partial charge in [-0.3, -0.25) is 14.2 Å². The minimum Gasteiger partial charge on any atom is -0.391 e. The van der Waals surface area contributed by atoms with Gasteiger partial charge in [0.25, 0.3) is 5.56 Å². The van der Waals surface area contributed by atoms with Crippen LogP contribution in [0.1, 0.15) is 19.3 Å². The molecule has 0 aliphatic carbocycles. The number of aliphatic hydroxyl groups excluding tert-OH is 1. The Kier molecular flexibility index (Phi) is 5.65. The van der Waals surface area contributed by atoms with Crippen molar-refractivity contribution in [3.63, 3.8) is 0 Å². The molecule has 6 nitrogen and oxygen atoms in total. The number of aromatic nitrogens is 2. The van der Waals surface area contributed by atoms with Crippen LogP contribution in [0.2, 0.25) is 15.1 Å². The highest BCUT2D eigenvalue weighted by atomic mass is 35.5. The number of hydrogen-bond donors (Lipinski definition) is 2. The summed E-state index contributed by atoms with van der Waals surface area (Å²) in [4.78, 5) is 29.0. The number of aliphatic hydroxyl groups is 1. The molecule has 2 atom stereocenters. The number of ketones is 1. The highest BCUT2D eigenvalue weighted by Gasteiger charge is 2.25. The third-order valence-electron chi connectivity index (χ3n) is 4.30. The number of nitrogens with one attached hydrogen (secondary N) is 1. The van der Waals surface area contributed by atoms with Gasteiger partial charge in [-0.1, -0.05) is 34.8 Å². The molecule has 0 amide bonds. The molecular formula is C16H16Cl3N3O3. The topological polar surface area (TPSA) is 84.2 Å². The summed E-state index contributed by atoms with van der Waals surface area (Å²) in [6, 6.07) is 1.11. The number of rotatable bonds is 4. The van der Waals surface area contributed by atoms with Gasteiger partial charge in [-0.05, 0) is 25.5 Å². The molecule has 0 saturated carbocycles. The third kappa shape index (κ3) is 3.83. The molecule has 1 aliphatic heterocycles. The Balaban J connectivity index is 1.84. The molecule has 0 bridgehead atoms. The molecule has 1 aromatic heterocycles. The molecule has 9 heteroatoms. The average Bonchev–Trinajstić information content (AvgIpc) is 2.58. The first kappa shape index (κ1) is 18.6. The minimum absolute atomic E-state index is 0.106. The van der Waals surface area contributed by atoms with Crippen molar-refractivity contribution in [3.05, 3.63) is 37.8 Å². The molecule has 1 fully saturated rings. The van der Waals surface area contributed by atoms with Crippen LogP contribution in [0.5, 0.6) is 0 Å². The number of carbonyl (C=O) groups is 1. The molecule has 2 heterocycles. The molecular weight excluding hydrogens is 389 g/mol. The fourth-order valence-electron chi connectivity index (χ4n) is 2.97. The number of nitrogens with zero attached hydrogens (tertiary/aromatic N) is 2. The van der Waals surface area contributed by atoms with E-state index in [1.807, 2.05) is 0 Å². The molecule has 1 saturated heterocycles. The van der Waals surface area contributed by atoms with Crippen LogP contribution in [0.4, 0.5) is 0 Å². The lowest BCUT2D eigenvalue weighted by molar-refractivity contribution is -0.121. The molecule has 0 spiro atoms. The Labute approximate surface area is 158 Å². The number of Topliss-reactive ketones (excluding diaryl/α,β-unsaturated/α-hetero) is 1. The Morgan fingerprint density at radius 1 is 1.36 bits per heavy atom. The average molecular weight is 405 g/mol. The van der Waals surface area contributed by atoms with Gasteiger partial charge in [-0.2, -0.15) is 0 Å². The second kappa shape index (κ2) is 7.60. The summed E-state index contributed by atoms with van der Waals surface area (Å²) in [5.74, 6) is -0.173. The first-order valence-electron chi connectivity index (χ1n) is 7.84. The highest BCUT2D eigenvalue weighted by Crippen LogP contribution is 2.34. The van der Waals surface area contributed by atoms with Crippen LogP contribution in [-0.2, 0) is 11.3 Å². The van der Waals surface area contributed by atoms with E-state index in [1.54, 1.807) is 0 Å². The van der Waals surface area contributed by atoms with Crippen molar-refractivity contribution >= 4 is 51.5 Å².